The Kier molecular flexibility index (Phi) is 9.92. The maximum Gasteiger partial charge on any atom is 0.345 e. The van der Waals surface area contributed by atoms with Gasteiger partial charge in [0.1, 0.15) is 5.57 Å². The second-order valence-corrected chi connectivity index (χ2v) is 3.98. The Balaban J connectivity index is 0.00000400. The van der Waals surface area contributed by atoms with Crippen LogP contribution in [0.25, 0.3) is 0 Å². The first-order valence-corrected chi connectivity index (χ1v) is 6.43. The van der Waals surface area contributed by atoms with E-state index < -0.39 is 11.9 Å². The number of rotatable bonds is 5. The van der Waals surface area contributed by atoms with E-state index in [0.717, 1.165) is 5.57 Å². The van der Waals surface area contributed by atoms with Gasteiger partial charge in [0.05, 0.1) is 13.2 Å². The van der Waals surface area contributed by atoms with Crippen molar-refractivity contribution in [1.29, 1.82) is 0 Å². The fraction of sp³-hybridized carbons (Fsp3) is 0.333. The van der Waals surface area contributed by atoms with Crippen LogP contribution in [0.2, 0.25) is 0 Å². The minimum atomic E-state index is -0.677. The SMILES string of the molecule is CCOC(=O)C(=CC=C1C=CN(C)C=C1)C(=O)OCC.[Y]. The summed E-state index contributed by atoms with van der Waals surface area (Å²) in [6, 6.07) is 0. The molecule has 0 saturated carbocycles. The Morgan fingerprint density at radius 1 is 1.10 bits per heavy atom. The number of esters is 2. The van der Waals surface area contributed by atoms with Crippen molar-refractivity contribution in [2.75, 3.05) is 20.3 Å². The fourth-order valence-electron chi connectivity index (χ4n) is 1.44. The predicted molar refractivity (Wildman–Crippen MR) is 75.5 cm³/mol. The number of hydrogen-bond acceptors (Lipinski definition) is 5. The summed E-state index contributed by atoms with van der Waals surface area (Å²) in [7, 11) is 1.91. The molecule has 0 fully saturated rings. The molecule has 0 aliphatic carbocycles. The van der Waals surface area contributed by atoms with E-state index in [-0.39, 0.29) is 51.5 Å². The van der Waals surface area contributed by atoms with Gasteiger partial charge >= 0.3 is 11.9 Å². The van der Waals surface area contributed by atoms with E-state index in [9.17, 15) is 9.59 Å². The third-order valence-corrected chi connectivity index (χ3v) is 2.44. The van der Waals surface area contributed by atoms with Crippen molar-refractivity contribution in [3.63, 3.8) is 0 Å². The Morgan fingerprint density at radius 3 is 2.00 bits per heavy atom. The molecule has 1 radical (unpaired) electrons. The molecule has 111 valence electrons. The number of carbonyl (C=O) groups is 2. The fourth-order valence-corrected chi connectivity index (χ4v) is 1.44. The number of hydrogen-bond donors (Lipinski definition) is 0. The van der Waals surface area contributed by atoms with Gasteiger partial charge in [-0.1, -0.05) is 6.08 Å². The minimum Gasteiger partial charge on any atom is -0.462 e. The predicted octanol–water partition coefficient (Wildman–Crippen LogP) is 1.94. The first kappa shape index (κ1) is 19.8. The zero-order valence-electron chi connectivity index (χ0n) is 12.5. The second kappa shape index (κ2) is 10.5. The van der Waals surface area contributed by atoms with Crippen molar-refractivity contribution in [3.8, 4) is 0 Å². The molecule has 1 aliphatic rings. The van der Waals surface area contributed by atoms with Crippen LogP contribution in [-0.4, -0.2) is 37.1 Å². The van der Waals surface area contributed by atoms with Crippen molar-refractivity contribution in [2.24, 2.45) is 0 Å². The zero-order chi connectivity index (χ0) is 15.0. The van der Waals surface area contributed by atoms with Gasteiger partial charge in [-0.05, 0) is 37.6 Å². The molecule has 1 aliphatic heterocycles. The molecule has 0 aromatic heterocycles. The molecule has 6 heteroatoms. The van der Waals surface area contributed by atoms with Gasteiger partial charge in [-0.15, -0.1) is 0 Å². The van der Waals surface area contributed by atoms with Crippen LogP contribution >= 0.6 is 0 Å². The molecule has 0 N–H and O–H groups in total. The van der Waals surface area contributed by atoms with Gasteiger partial charge in [0.25, 0.3) is 0 Å². The largest absolute Gasteiger partial charge is 0.462 e. The summed E-state index contributed by atoms with van der Waals surface area (Å²) in [4.78, 5) is 25.3. The monoisotopic (exact) mass is 366 g/mol. The maximum absolute atomic E-state index is 11.7. The molecule has 1 rings (SSSR count). The Hall–Kier alpha value is -1.20. The van der Waals surface area contributed by atoms with Gasteiger partial charge in [-0.3, -0.25) is 0 Å². The molecular weight excluding hydrogens is 347 g/mol. The summed E-state index contributed by atoms with van der Waals surface area (Å²) in [6.45, 7) is 3.77. The smallest absolute Gasteiger partial charge is 0.345 e. The molecule has 0 bridgehead atoms. The topological polar surface area (TPSA) is 55.8 Å². The van der Waals surface area contributed by atoms with Gasteiger partial charge in [0.15, 0.2) is 0 Å². The van der Waals surface area contributed by atoms with Crippen LogP contribution < -0.4 is 0 Å². The van der Waals surface area contributed by atoms with Crippen LogP contribution in [0.15, 0.2) is 47.9 Å². The van der Waals surface area contributed by atoms with Crippen molar-refractivity contribution in [3.05, 3.63) is 47.9 Å². The van der Waals surface area contributed by atoms with E-state index in [1.807, 2.05) is 36.5 Å². The Morgan fingerprint density at radius 2 is 1.57 bits per heavy atom. The Labute approximate surface area is 150 Å². The molecule has 0 spiro atoms. The van der Waals surface area contributed by atoms with Gasteiger partial charge < -0.3 is 14.4 Å². The Bertz CT molecular complexity index is 456. The maximum atomic E-state index is 11.7. The molecule has 1 heterocycles. The summed E-state index contributed by atoms with van der Waals surface area (Å²) < 4.78 is 9.69. The van der Waals surface area contributed by atoms with Crippen molar-refractivity contribution in [1.82, 2.24) is 4.90 Å². The van der Waals surface area contributed by atoms with E-state index in [4.69, 9.17) is 9.47 Å². The average molecular weight is 366 g/mol. The van der Waals surface area contributed by atoms with E-state index in [0.29, 0.717) is 0 Å². The molecule has 5 nitrogen and oxygen atoms in total. The minimum absolute atomic E-state index is 0. The van der Waals surface area contributed by atoms with E-state index in [1.165, 1.54) is 6.08 Å². The average Bonchev–Trinajstić information content (AvgIpc) is 2.42. The van der Waals surface area contributed by atoms with Crippen molar-refractivity contribution < 1.29 is 51.8 Å². The standard InChI is InChI=1S/C15H19NO4.Y/c1-4-19-14(17)13(15(18)20-5-2)7-6-12-8-10-16(3)11-9-12;/h6-11H,4-5H2,1-3H3;. The number of carbonyl (C=O) groups excluding carboxylic acids is 2. The molecule has 0 saturated heterocycles. The number of ether oxygens (including phenoxy) is 2. The van der Waals surface area contributed by atoms with Crippen LogP contribution in [0, 0.1) is 0 Å². The normalized spacial score (nSPS) is 12.3. The van der Waals surface area contributed by atoms with Crippen LogP contribution in [-0.2, 0) is 51.8 Å². The van der Waals surface area contributed by atoms with Crippen molar-refractivity contribution >= 4 is 11.9 Å². The third kappa shape index (κ3) is 6.87. The second-order valence-electron chi connectivity index (χ2n) is 3.98. The van der Waals surface area contributed by atoms with E-state index in [2.05, 4.69) is 0 Å². The number of allylic oxidation sites excluding steroid dienone is 5. The van der Waals surface area contributed by atoms with E-state index in [1.54, 1.807) is 19.9 Å². The summed E-state index contributed by atoms with van der Waals surface area (Å²) >= 11 is 0. The van der Waals surface area contributed by atoms with Crippen LogP contribution in [0.5, 0.6) is 0 Å². The van der Waals surface area contributed by atoms with Crippen LogP contribution in [0.1, 0.15) is 13.8 Å². The summed E-state index contributed by atoms with van der Waals surface area (Å²) in [5, 5.41) is 0. The molecule has 0 amide bonds. The van der Waals surface area contributed by atoms with Gasteiger partial charge in [-0.2, -0.15) is 0 Å². The molecule has 0 unspecified atom stereocenters. The molecular formula is C15H19NO4Y. The molecule has 0 aromatic rings. The van der Waals surface area contributed by atoms with Crippen LogP contribution in [0.4, 0.5) is 0 Å². The first-order chi connectivity index (χ1) is 9.58. The quantitative estimate of drug-likeness (QED) is 0.322. The van der Waals surface area contributed by atoms with Gasteiger partial charge in [0, 0.05) is 52.2 Å². The van der Waals surface area contributed by atoms with E-state index >= 15 is 0 Å². The van der Waals surface area contributed by atoms with Crippen molar-refractivity contribution in [2.45, 2.75) is 13.8 Å². The first-order valence-electron chi connectivity index (χ1n) is 6.43. The number of nitrogens with zero attached hydrogens (tertiary/aromatic N) is 1. The third-order valence-electron chi connectivity index (χ3n) is 2.44. The van der Waals surface area contributed by atoms with Gasteiger partial charge in [-0.25, -0.2) is 9.59 Å². The zero-order valence-corrected chi connectivity index (χ0v) is 15.4. The summed E-state index contributed by atoms with van der Waals surface area (Å²) in [5.41, 5.74) is 0.760. The molecule has 0 atom stereocenters. The molecule has 0 aromatic carbocycles. The molecule has 21 heavy (non-hydrogen) atoms. The summed E-state index contributed by atoms with van der Waals surface area (Å²) in [6.07, 6.45) is 10.6. The van der Waals surface area contributed by atoms with Gasteiger partial charge in [0.2, 0.25) is 0 Å². The van der Waals surface area contributed by atoms with Crippen LogP contribution in [0.3, 0.4) is 0 Å². The summed E-state index contributed by atoms with van der Waals surface area (Å²) in [5.74, 6) is -1.35.